The molecule has 0 aliphatic carbocycles. The number of ether oxygens (including phenoxy) is 1. The molecule has 6 nitrogen and oxygen atoms in total. The molecule has 11 heteroatoms. The van der Waals surface area contributed by atoms with Gasteiger partial charge in [-0.3, -0.25) is 4.99 Å². The number of hydrogen-bond acceptors (Lipinski definition) is 4. The lowest BCUT2D eigenvalue weighted by Gasteiger charge is -2.19. The Morgan fingerprint density at radius 1 is 1.29 bits per heavy atom. The molecule has 0 spiro atoms. The van der Waals surface area contributed by atoms with E-state index >= 15 is 0 Å². The molecule has 1 unspecified atom stereocenters. The number of rotatable bonds is 9. The summed E-state index contributed by atoms with van der Waals surface area (Å²) in [6.45, 7) is 4.81. The lowest BCUT2D eigenvalue weighted by molar-refractivity contribution is -0.137. The van der Waals surface area contributed by atoms with Gasteiger partial charge >= 0.3 is 6.18 Å². The number of hydrogen-bond donors (Lipinski definition) is 2. The zero-order valence-corrected chi connectivity index (χ0v) is 19.2. The van der Waals surface area contributed by atoms with Crippen molar-refractivity contribution in [3.05, 3.63) is 35.4 Å². The lowest BCUT2D eigenvalue weighted by atomic mass is 10.1. The number of nitrogens with zero attached hydrogens (tertiary/aromatic N) is 1. The average Bonchev–Trinajstić information content (AvgIpc) is 2.56. The van der Waals surface area contributed by atoms with Crippen LogP contribution in [0, 0.1) is 0 Å². The van der Waals surface area contributed by atoms with Gasteiger partial charge in [-0.05, 0) is 31.5 Å². The number of sulfone groups is 1. The zero-order valence-electron chi connectivity index (χ0n) is 16.0. The fourth-order valence-electron chi connectivity index (χ4n) is 2.13. The van der Waals surface area contributed by atoms with Crippen LogP contribution in [0.4, 0.5) is 13.2 Å². The summed E-state index contributed by atoms with van der Waals surface area (Å²) in [6.07, 6.45) is -3.26. The molecule has 2 N–H and O–H groups in total. The third-order valence-corrected chi connectivity index (χ3v) is 4.42. The summed E-state index contributed by atoms with van der Waals surface area (Å²) in [7, 11) is -3.06. The van der Waals surface area contributed by atoms with Crippen LogP contribution in [-0.2, 0) is 20.8 Å². The number of guanidine groups is 1. The highest BCUT2D eigenvalue weighted by Gasteiger charge is 2.30. The van der Waals surface area contributed by atoms with Crippen LogP contribution >= 0.6 is 24.0 Å². The van der Waals surface area contributed by atoms with E-state index in [1.54, 1.807) is 13.0 Å². The van der Waals surface area contributed by atoms with Gasteiger partial charge in [0.2, 0.25) is 0 Å². The first kappa shape index (κ1) is 26.9. The van der Waals surface area contributed by atoms with Gasteiger partial charge in [0.15, 0.2) is 5.96 Å². The van der Waals surface area contributed by atoms with Crippen molar-refractivity contribution in [1.82, 2.24) is 10.6 Å². The van der Waals surface area contributed by atoms with Gasteiger partial charge in [-0.1, -0.05) is 12.1 Å². The van der Waals surface area contributed by atoms with E-state index in [1.165, 1.54) is 6.07 Å². The van der Waals surface area contributed by atoms with Crippen LogP contribution in [0.5, 0.6) is 0 Å². The van der Waals surface area contributed by atoms with Crippen LogP contribution in [-0.4, -0.2) is 52.7 Å². The van der Waals surface area contributed by atoms with Gasteiger partial charge in [0, 0.05) is 12.8 Å². The molecule has 1 atom stereocenters. The van der Waals surface area contributed by atoms with Gasteiger partial charge in [-0.25, -0.2) is 8.42 Å². The van der Waals surface area contributed by atoms with E-state index in [2.05, 4.69) is 15.6 Å². The third-order valence-electron chi connectivity index (χ3n) is 3.52. The van der Waals surface area contributed by atoms with Crippen LogP contribution in [0.3, 0.4) is 0 Å². The highest BCUT2D eigenvalue weighted by Crippen LogP contribution is 2.30. The van der Waals surface area contributed by atoms with E-state index < -0.39 is 27.6 Å². The van der Waals surface area contributed by atoms with E-state index in [1.807, 2.05) is 6.92 Å². The average molecular weight is 537 g/mol. The second-order valence-corrected chi connectivity index (χ2v) is 8.25. The monoisotopic (exact) mass is 537 g/mol. The fraction of sp³-hybridized carbons (Fsp3) is 0.588. The van der Waals surface area contributed by atoms with E-state index in [-0.39, 0.29) is 49.5 Å². The maximum Gasteiger partial charge on any atom is 0.416 e. The molecule has 162 valence electrons. The van der Waals surface area contributed by atoms with Gasteiger partial charge in [0.05, 0.1) is 37.1 Å². The van der Waals surface area contributed by atoms with Crippen molar-refractivity contribution in [2.45, 2.75) is 26.1 Å². The lowest BCUT2D eigenvalue weighted by Crippen LogP contribution is -2.39. The molecule has 1 rings (SSSR count). The standard InChI is InChI=1S/C17H26F3N3O3S.HI/c1-4-21-16(22-8-9-26-10-11-27(3,24)25)23-13(2)14-6-5-7-15(12-14)17(18,19)20;/h5-7,12-13H,4,8-11H2,1-3H3,(H2,21,22,23);1H. The van der Waals surface area contributed by atoms with Crippen molar-refractivity contribution in [1.29, 1.82) is 0 Å². The summed E-state index contributed by atoms with van der Waals surface area (Å²) in [5, 5.41) is 6.06. The molecule has 0 bridgehead atoms. The van der Waals surface area contributed by atoms with Crippen molar-refractivity contribution in [2.24, 2.45) is 4.99 Å². The second kappa shape index (κ2) is 12.5. The molecule has 0 aliphatic rings. The third kappa shape index (κ3) is 11.1. The first-order valence-electron chi connectivity index (χ1n) is 8.50. The normalized spacial score (nSPS) is 13.6. The van der Waals surface area contributed by atoms with E-state index in [4.69, 9.17) is 4.74 Å². The minimum Gasteiger partial charge on any atom is -0.378 e. The Kier molecular flexibility index (Phi) is 12.0. The molecule has 0 fully saturated rings. The minimum atomic E-state index is -4.39. The van der Waals surface area contributed by atoms with Crippen LogP contribution in [0.1, 0.15) is 31.0 Å². The molecule has 0 saturated heterocycles. The highest BCUT2D eigenvalue weighted by atomic mass is 127. The molecular weight excluding hydrogens is 510 g/mol. The first-order chi connectivity index (χ1) is 12.5. The Balaban J connectivity index is 0.00000729. The van der Waals surface area contributed by atoms with E-state index in [9.17, 15) is 21.6 Å². The zero-order chi connectivity index (χ0) is 20.5. The number of halogens is 4. The summed E-state index contributed by atoms with van der Waals surface area (Å²) in [5.74, 6) is 0.385. The maximum atomic E-state index is 12.8. The Morgan fingerprint density at radius 2 is 1.96 bits per heavy atom. The molecule has 0 amide bonds. The van der Waals surface area contributed by atoms with E-state index in [0.717, 1.165) is 18.4 Å². The Labute approximate surface area is 181 Å². The van der Waals surface area contributed by atoms with Gasteiger partial charge in [0.1, 0.15) is 9.84 Å². The second-order valence-electron chi connectivity index (χ2n) is 5.99. The van der Waals surface area contributed by atoms with Gasteiger partial charge in [-0.15, -0.1) is 24.0 Å². The Hall–Kier alpha value is -1.08. The van der Waals surface area contributed by atoms with Gasteiger partial charge < -0.3 is 15.4 Å². The predicted octanol–water partition coefficient (Wildman–Crippen LogP) is 3.00. The fourth-order valence-corrected chi connectivity index (χ4v) is 2.55. The van der Waals surface area contributed by atoms with Gasteiger partial charge in [0.25, 0.3) is 0 Å². The van der Waals surface area contributed by atoms with Crippen molar-refractivity contribution in [3.63, 3.8) is 0 Å². The first-order valence-corrected chi connectivity index (χ1v) is 10.6. The molecule has 0 radical (unpaired) electrons. The number of alkyl halides is 3. The summed E-state index contributed by atoms with van der Waals surface area (Å²) in [5.41, 5.74) is -0.213. The summed E-state index contributed by atoms with van der Waals surface area (Å²) in [6, 6.07) is 4.73. The summed E-state index contributed by atoms with van der Waals surface area (Å²) >= 11 is 0. The van der Waals surface area contributed by atoms with Crippen molar-refractivity contribution in [3.8, 4) is 0 Å². The Morgan fingerprint density at radius 3 is 2.54 bits per heavy atom. The summed E-state index contributed by atoms with van der Waals surface area (Å²) in [4.78, 5) is 4.28. The summed E-state index contributed by atoms with van der Waals surface area (Å²) < 4.78 is 65.8. The number of benzene rings is 1. The highest BCUT2D eigenvalue weighted by molar-refractivity contribution is 14.0. The van der Waals surface area contributed by atoms with E-state index in [0.29, 0.717) is 18.1 Å². The van der Waals surface area contributed by atoms with Gasteiger partial charge in [-0.2, -0.15) is 13.2 Å². The molecule has 0 aromatic heterocycles. The van der Waals surface area contributed by atoms with Crippen molar-refractivity contribution < 1.29 is 26.3 Å². The van der Waals surface area contributed by atoms with Crippen molar-refractivity contribution >= 4 is 39.8 Å². The Bertz CT molecular complexity index is 728. The largest absolute Gasteiger partial charge is 0.416 e. The molecule has 1 aromatic rings. The molecule has 1 aromatic carbocycles. The molecule has 0 aliphatic heterocycles. The molecule has 0 heterocycles. The van der Waals surface area contributed by atoms with Crippen LogP contribution in [0.2, 0.25) is 0 Å². The van der Waals surface area contributed by atoms with Crippen LogP contribution in [0.15, 0.2) is 29.3 Å². The SMILES string of the molecule is CCNC(=NCCOCCS(C)(=O)=O)NC(C)c1cccc(C(F)(F)F)c1.I. The smallest absolute Gasteiger partial charge is 0.378 e. The number of nitrogens with one attached hydrogen (secondary N) is 2. The molecule has 0 saturated carbocycles. The predicted molar refractivity (Wildman–Crippen MR) is 115 cm³/mol. The maximum absolute atomic E-state index is 12.8. The molecular formula is C17H27F3IN3O3S. The topological polar surface area (TPSA) is 79.8 Å². The number of aliphatic imine (C=N–C) groups is 1. The van der Waals surface area contributed by atoms with Crippen LogP contribution < -0.4 is 10.6 Å². The molecule has 28 heavy (non-hydrogen) atoms. The minimum absolute atomic E-state index is 0. The quantitative estimate of drug-likeness (QED) is 0.219. The van der Waals surface area contributed by atoms with Crippen molar-refractivity contribution in [2.75, 3.05) is 38.3 Å². The van der Waals surface area contributed by atoms with Crippen LogP contribution in [0.25, 0.3) is 0 Å².